The minimum absolute atomic E-state index is 0.0163. The molecule has 0 rings (SSSR count). The van der Waals surface area contributed by atoms with Crippen LogP contribution in [0.4, 0.5) is 4.79 Å². The van der Waals surface area contributed by atoms with Crippen molar-refractivity contribution >= 4 is 12.0 Å². The van der Waals surface area contributed by atoms with Gasteiger partial charge in [0.1, 0.15) is 0 Å². The Bertz CT molecular complexity index is 314. The third kappa shape index (κ3) is 9.64. The number of hydrogen-bond donors (Lipinski definition) is 3. The van der Waals surface area contributed by atoms with Gasteiger partial charge in [0.15, 0.2) is 0 Å². The van der Waals surface area contributed by atoms with E-state index in [0.29, 0.717) is 19.0 Å². The lowest BCUT2D eigenvalue weighted by Crippen LogP contribution is -2.42. The molecular formula is C15H30N2O3. The maximum absolute atomic E-state index is 11.7. The largest absolute Gasteiger partial charge is 0.481 e. The Morgan fingerprint density at radius 1 is 1.20 bits per heavy atom. The number of carboxylic acid groups (broad SMARTS) is 1. The molecule has 0 bridgehead atoms. The van der Waals surface area contributed by atoms with Gasteiger partial charge in [0, 0.05) is 19.5 Å². The molecule has 1 unspecified atom stereocenters. The third-order valence-electron chi connectivity index (χ3n) is 3.50. The van der Waals surface area contributed by atoms with Crippen LogP contribution in [0.2, 0.25) is 0 Å². The van der Waals surface area contributed by atoms with Crippen molar-refractivity contribution in [3.05, 3.63) is 0 Å². The van der Waals surface area contributed by atoms with Crippen LogP contribution in [-0.2, 0) is 4.79 Å². The number of carbonyl (C=O) groups excluding carboxylic acids is 1. The first kappa shape index (κ1) is 18.7. The minimum Gasteiger partial charge on any atom is -0.481 e. The average Bonchev–Trinajstić information content (AvgIpc) is 2.32. The molecule has 0 aliphatic heterocycles. The average molecular weight is 286 g/mol. The highest BCUT2D eigenvalue weighted by Gasteiger charge is 2.18. The fourth-order valence-electron chi connectivity index (χ4n) is 1.90. The van der Waals surface area contributed by atoms with Crippen molar-refractivity contribution in [2.75, 3.05) is 13.1 Å². The Labute approximate surface area is 122 Å². The highest BCUT2D eigenvalue weighted by molar-refractivity contribution is 5.74. The summed E-state index contributed by atoms with van der Waals surface area (Å²) in [6.07, 6.45) is 1.88. The number of hydrogen-bond acceptors (Lipinski definition) is 2. The number of urea groups is 1. The summed E-state index contributed by atoms with van der Waals surface area (Å²) in [5, 5.41) is 14.5. The van der Waals surface area contributed by atoms with Crippen LogP contribution in [0.15, 0.2) is 0 Å². The summed E-state index contributed by atoms with van der Waals surface area (Å²) < 4.78 is 0. The van der Waals surface area contributed by atoms with Gasteiger partial charge in [-0.05, 0) is 30.1 Å². The Kier molecular flexibility index (Phi) is 8.26. The number of carboxylic acids is 1. The van der Waals surface area contributed by atoms with E-state index in [2.05, 4.69) is 45.3 Å². The molecule has 20 heavy (non-hydrogen) atoms. The molecule has 0 saturated heterocycles. The summed E-state index contributed by atoms with van der Waals surface area (Å²) in [6.45, 7) is 11.4. The smallest absolute Gasteiger partial charge is 0.314 e. The lowest BCUT2D eigenvalue weighted by molar-refractivity contribution is -0.138. The van der Waals surface area contributed by atoms with Gasteiger partial charge in [-0.1, -0.05) is 34.6 Å². The zero-order valence-electron chi connectivity index (χ0n) is 13.5. The first-order chi connectivity index (χ1) is 9.16. The van der Waals surface area contributed by atoms with Crippen LogP contribution in [0.25, 0.3) is 0 Å². The van der Waals surface area contributed by atoms with Gasteiger partial charge < -0.3 is 15.7 Å². The van der Waals surface area contributed by atoms with Gasteiger partial charge in [0.25, 0.3) is 0 Å². The zero-order chi connectivity index (χ0) is 15.8. The summed E-state index contributed by atoms with van der Waals surface area (Å²) in [7, 11) is 0. The lowest BCUT2D eigenvalue weighted by Gasteiger charge is -2.23. The molecule has 0 radical (unpaired) electrons. The van der Waals surface area contributed by atoms with Crippen molar-refractivity contribution in [3.63, 3.8) is 0 Å². The standard InChI is InChI=1S/C15H30N2O3/c1-6-15(4,5)10-17-14(20)16-9-12(7-11(2)3)8-13(18)19/h11-12H,6-10H2,1-5H3,(H,18,19)(H2,16,17,20). The van der Waals surface area contributed by atoms with Gasteiger partial charge in [-0.2, -0.15) is 0 Å². The van der Waals surface area contributed by atoms with E-state index < -0.39 is 5.97 Å². The second-order valence-corrected chi connectivity index (χ2v) is 6.67. The summed E-state index contributed by atoms with van der Waals surface area (Å²) in [6, 6.07) is -0.217. The molecule has 0 aliphatic rings. The van der Waals surface area contributed by atoms with Crippen LogP contribution >= 0.6 is 0 Å². The maximum Gasteiger partial charge on any atom is 0.314 e. The van der Waals surface area contributed by atoms with Crippen molar-refractivity contribution in [3.8, 4) is 0 Å². The Hall–Kier alpha value is -1.26. The Balaban J connectivity index is 4.13. The Morgan fingerprint density at radius 2 is 1.80 bits per heavy atom. The summed E-state index contributed by atoms with van der Waals surface area (Å²) in [5.41, 5.74) is 0.0791. The summed E-state index contributed by atoms with van der Waals surface area (Å²) >= 11 is 0. The molecule has 0 heterocycles. The van der Waals surface area contributed by atoms with E-state index in [4.69, 9.17) is 5.11 Å². The molecule has 1 atom stereocenters. The van der Waals surface area contributed by atoms with Gasteiger partial charge in [-0.25, -0.2) is 4.79 Å². The van der Waals surface area contributed by atoms with Crippen molar-refractivity contribution < 1.29 is 14.7 Å². The molecule has 0 aromatic carbocycles. The molecule has 0 saturated carbocycles. The second kappa shape index (κ2) is 8.82. The third-order valence-corrected chi connectivity index (χ3v) is 3.50. The van der Waals surface area contributed by atoms with E-state index in [1.807, 2.05) is 0 Å². The quantitative estimate of drug-likeness (QED) is 0.610. The zero-order valence-corrected chi connectivity index (χ0v) is 13.5. The van der Waals surface area contributed by atoms with E-state index in [9.17, 15) is 9.59 Å². The molecule has 2 amide bonds. The van der Waals surface area contributed by atoms with E-state index in [1.165, 1.54) is 0 Å². The fraction of sp³-hybridized carbons (Fsp3) is 0.867. The summed E-state index contributed by atoms with van der Waals surface area (Å²) in [5.74, 6) is -0.411. The van der Waals surface area contributed by atoms with Crippen LogP contribution in [0, 0.1) is 17.3 Å². The van der Waals surface area contributed by atoms with Crippen LogP contribution in [-0.4, -0.2) is 30.2 Å². The van der Waals surface area contributed by atoms with Gasteiger partial charge in [-0.15, -0.1) is 0 Å². The number of carbonyl (C=O) groups is 2. The first-order valence-electron chi connectivity index (χ1n) is 7.39. The van der Waals surface area contributed by atoms with Crippen LogP contribution in [0.5, 0.6) is 0 Å². The van der Waals surface area contributed by atoms with Crippen LogP contribution in [0.3, 0.4) is 0 Å². The topological polar surface area (TPSA) is 78.4 Å². The molecule has 5 heteroatoms. The predicted octanol–water partition coefficient (Wildman–Crippen LogP) is 2.86. The van der Waals surface area contributed by atoms with Gasteiger partial charge >= 0.3 is 12.0 Å². The first-order valence-corrected chi connectivity index (χ1v) is 7.39. The van der Waals surface area contributed by atoms with E-state index >= 15 is 0 Å². The maximum atomic E-state index is 11.7. The molecular weight excluding hydrogens is 256 g/mol. The van der Waals surface area contributed by atoms with Crippen molar-refractivity contribution in [1.82, 2.24) is 10.6 Å². The Morgan fingerprint density at radius 3 is 2.25 bits per heavy atom. The van der Waals surface area contributed by atoms with Gasteiger partial charge in [0.2, 0.25) is 0 Å². The van der Waals surface area contributed by atoms with E-state index in [-0.39, 0.29) is 23.8 Å². The van der Waals surface area contributed by atoms with Crippen LogP contribution < -0.4 is 10.6 Å². The normalized spacial score (nSPS) is 13.1. The molecule has 0 aliphatic carbocycles. The highest BCUT2D eigenvalue weighted by Crippen LogP contribution is 2.17. The molecule has 3 N–H and O–H groups in total. The van der Waals surface area contributed by atoms with Crippen molar-refractivity contribution in [1.29, 1.82) is 0 Å². The van der Waals surface area contributed by atoms with Gasteiger partial charge in [0.05, 0.1) is 0 Å². The van der Waals surface area contributed by atoms with Crippen molar-refractivity contribution in [2.24, 2.45) is 17.3 Å². The molecule has 5 nitrogen and oxygen atoms in total. The van der Waals surface area contributed by atoms with Crippen LogP contribution in [0.1, 0.15) is 53.9 Å². The number of nitrogens with one attached hydrogen (secondary N) is 2. The van der Waals surface area contributed by atoms with Gasteiger partial charge in [-0.3, -0.25) is 4.79 Å². The predicted molar refractivity (Wildman–Crippen MR) is 80.7 cm³/mol. The summed E-state index contributed by atoms with van der Waals surface area (Å²) in [4.78, 5) is 22.5. The highest BCUT2D eigenvalue weighted by atomic mass is 16.4. The molecule has 0 aromatic heterocycles. The molecule has 0 fully saturated rings. The molecule has 0 spiro atoms. The lowest BCUT2D eigenvalue weighted by atomic mass is 9.90. The van der Waals surface area contributed by atoms with Crippen molar-refractivity contribution in [2.45, 2.75) is 53.9 Å². The van der Waals surface area contributed by atoms with E-state index in [0.717, 1.165) is 12.8 Å². The fourth-order valence-corrected chi connectivity index (χ4v) is 1.90. The minimum atomic E-state index is -0.815. The monoisotopic (exact) mass is 286 g/mol. The van der Waals surface area contributed by atoms with E-state index in [1.54, 1.807) is 0 Å². The SMILES string of the molecule is CCC(C)(C)CNC(=O)NCC(CC(=O)O)CC(C)C. The molecule has 118 valence electrons. The number of aliphatic carboxylic acids is 1. The molecule has 0 aromatic rings. The second-order valence-electron chi connectivity index (χ2n) is 6.67. The number of rotatable bonds is 9. The number of amides is 2.